The third kappa shape index (κ3) is 2.61. The van der Waals surface area contributed by atoms with Gasteiger partial charge in [-0.2, -0.15) is 0 Å². The van der Waals surface area contributed by atoms with Crippen LogP contribution in [0.2, 0.25) is 5.02 Å². The van der Waals surface area contributed by atoms with Crippen molar-refractivity contribution in [2.24, 2.45) is 5.92 Å². The molecule has 3 nitrogen and oxygen atoms in total. The molecule has 4 fully saturated rings. The van der Waals surface area contributed by atoms with Crippen LogP contribution in [0.5, 0.6) is 0 Å². The molecule has 3 aliphatic heterocycles. The van der Waals surface area contributed by atoms with Crippen molar-refractivity contribution in [3.05, 3.63) is 33.7 Å². The van der Waals surface area contributed by atoms with Gasteiger partial charge in [0.2, 0.25) is 0 Å². The number of fused-ring (bicyclic) bond motifs is 4. The first-order valence-electron chi connectivity index (χ1n) is 9.73. The summed E-state index contributed by atoms with van der Waals surface area (Å²) in [5, 5.41) is 5.40. The number of piperidine rings is 3. The Labute approximate surface area is 163 Å². The van der Waals surface area contributed by atoms with E-state index in [2.05, 4.69) is 30.1 Å². The first kappa shape index (κ1) is 17.0. The van der Waals surface area contributed by atoms with Crippen molar-refractivity contribution in [3.8, 4) is 0 Å². The molecular formula is C21H25ClN2OS. The van der Waals surface area contributed by atoms with Crippen LogP contribution in [0.4, 0.5) is 0 Å². The second kappa shape index (κ2) is 5.95. The molecule has 1 amide bonds. The van der Waals surface area contributed by atoms with Gasteiger partial charge in [-0.25, -0.2) is 0 Å². The van der Waals surface area contributed by atoms with Gasteiger partial charge in [-0.15, -0.1) is 11.3 Å². The predicted octanol–water partition coefficient (Wildman–Crippen LogP) is 5.03. The van der Waals surface area contributed by atoms with Gasteiger partial charge in [0.25, 0.3) is 5.91 Å². The number of halogens is 1. The number of hydrogen-bond acceptors (Lipinski definition) is 3. The molecule has 1 atom stereocenters. The van der Waals surface area contributed by atoms with Gasteiger partial charge in [-0.3, -0.25) is 9.69 Å². The average molecular weight is 389 g/mol. The van der Waals surface area contributed by atoms with Crippen LogP contribution < -0.4 is 5.32 Å². The molecule has 0 radical (unpaired) electrons. The smallest absolute Gasteiger partial charge is 0.261 e. The number of amides is 1. The highest BCUT2D eigenvalue weighted by atomic mass is 35.5. The van der Waals surface area contributed by atoms with Crippen molar-refractivity contribution in [1.29, 1.82) is 0 Å². The summed E-state index contributed by atoms with van der Waals surface area (Å²) >= 11 is 8.08. The quantitative estimate of drug-likeness (QED) is 0.799. The number of rotatable bonds is 3. The Kier molecular flexibility index (Phi) is 3.90. The molecule has 4 heterocycles. The van der Waals surface area contributed by atoms with E-state index in [9.17, 15) is 4.79 Å². The van der Waals surface area contributed by atoms with Gasteiger partial charge in [0.05, 0.1) is 4.88 Å². The number of carbonyl (C=O) groups excluding carboxylic acids is 1. The van der Waals surface area contributed by atoms with Crippen molar-refractivity contribution < 1.29 is 4.79 Å². The van der Waals surface area contributed by atoms with Gasteiger partial charge in [0, 0.05) is 21.3 Å². The fourth-order valence-electron chi connectivity index (χ4n) is 5.05. The van der Waals surface area contributed by atoms with E-state index in [4.69, 9.17) is 11.6 Å². The van der Waals surface area contributed by atoms with Gasteiger partial charge >= 0.3 is 0 Å². The maximum absolute atomic E-state index is 13.1. The first-order chi connectivity index (χ1) is 12.4. The Morgan fingerprint density at radius 3 is 2.62 bits per heavy atom. The standard InChI is InChI=1S/C21H25ClN2OS/c1-21(2)19(13-7-9-24(21)10-8-13)23-20(25)16-11-14-5-6-15(22)17(12-3-4-12)18(14)26-16/h5-6,11-13,19H,3-4,7-10H2,1-2H3,(H,23,25). The number of thiophene rings is 1. The summed E-state index contributed by atoms with van der Waals surface area (Å²) in [6, 6.07) is 6.32. The van der Waals surface area contributed by atoms with E-state index < -0.39 is 0 Å². The van der Waals surface area contributed by atoms with Gasteiger partial charge in [-0.05, 0) is 87.5 Å². The second-order valence-corrected chi connectivity index (χ2v) is 10.2. The third-order valence-electron chi connectivity index (χ3n) is 6.76. The van der Waals surface area contributed by atoms with Gasteiger partial charge in [0.15, 0.2) is 0 Å². The van der Waals surface area contributed by atoms with Gasteiger partial charge in [0.1, 0.15) is 0 Å². The average Bonchev–Trinajstić information content (AvgIpc) is 3.35. The highest BCUT2D eigenvalue weighted by molar-refractivity contribution is 7.21. The zero-order valence-corrected chi connectivity index (χ0v) is 16.9. The van der Waals surface area contributed by atoms with Crippen molar-refractivity contribution in [2.75, 3.05) is 13.1 Å². The molecule has 1 unspecified atom stereocenters. The number of nitrogens with zero attached hydrogens (tertiary/aromatic N) is 1. The van der Waals surface area contributed by atoms with E-state index >= 15 is 0 Å². The van der Waals surface area contributed by atoms with Crippen molar-refractivity contribution >= 4 is 38.9 Å². The zero-order chi connectivity index (χ0) is 18.1. The van der Waals surface area contributed by atoms with Crippen molar-refractivity contribution in [2.45, 2.75) is 57.0 Å². The van der Waals surface area contributed by atoms with Gasteiger partial charge in [-0.1, -0.05) is 17.7 Å². The van der Waals surface area contributed by atoms with Crippen molar-refractivity contribution in [3.63, 3.8) is 0 Å². The summed E-state index contributed by atoms with van der Waals surface area (Å²) in [6.07, 6.45) is 4.82. The van der Waals surface area contributed by atoms with Crippen molar-refractivity contribution in [1.82, 2.24) is 10.2 Å². The molecule has 2 aromatic rings. The molecule has 138 valence electrons. The molecule has 1 aromatic carbocycles. The molecule has 5 heteroatoms. The summed E-state index contributed by atoms with van der Waals surface area (Å²) in [5.41, 5.74) is 1.30. The molecule has 3 saturated heterocycles. The number of hydrogen-bond donors (Lipinski definition) is 1. The SMILES string of the molecule is CC1(C)C(NC(=O)c2cc3ccc(Cl)c(C4CC4)c3s2)C2CCN1CC2. The molecule has 4 aliphatic rings. The lowest BCUT2D eigenvalue weighted by atomic mass is 9.72. The molecule has 6 rings (SSSR count). The van der Waals surface area contributed by atoms with Crippen LogP contribution in [0.1, 0.15) is 60.7 Å². The molecular weight excluding hydrogens is 364 g/mol. The predicted molar refractivity (Wildman–Crippen MR) is 108 cm³/mol. The van der Waals surface area contributed by atoms with E-state index in [0.717, 1.165) is 28.4 Å². The summed E-state index contributed by atoms with van der Waals surface area (Å²) in [4.78, 5) is 16.4. The highest BCUT2D eigenvalue weighted by Crippen LogP contribution is 2.48. The van der Waals surface area contributed by atoms with E-state index in [1.165, 1.54) is 35.9 Å². The first-order valence-corrected chi connectivity index (χ1v) is 10.9. The van der Waals surface area contributed by atoms with Gasteiger partial charge < -0.3 is 5.32 Å². The third-order valence-corrected chi connectivity index (χ3v) is 8.27. The van der Waals surface area contributed by atoms with E-state index in [1.54, 1.807) is 11.3 Å². The Bertz CT molecular complexity index is 878. The lowest BCUT2D eigenvalue weighted by Crippen LogP contribution is -2.69. The molecule has 26 heavy (non-hydrogen) atoms. The molecule has 1 N–H and O–H groups in total. The Morgan fingerprint density at radius 1 is 1.23 bits per heavy atom. The molecule has 1 aromatic heterocycles. The lowest BCUT2D eigenvalue weighted by molar-refractivity contribution is -0.0377. The highest BCUT2D eigenvalue weighted by Gasteiger charge is 2.48. The normalized spacial score (nSPS) is 29.9. The van der Waals surface area contributed by atoms with Crippen LogP contribution in [-0.4, -0.2) is 35.5 Å². The second-order valence-electron chi connectivity index (χ2n) is 8.69. The van der Waals surface area contributed by atoms with Crippen LogP contribution in [-0.2, 0) is 0 Å². The van der Waals surface area contributed by atoms with E-state index in [-0.39, 0.29) is 17.5 Å². The Hall–Kier alpha value is -1.10. The maximum Gasteiger partial charge on any atom is 0.261 e. The summed E-state index contributed by atoms with van der Waals surface area (Å²) in [5.74, 6) is 1.27. The topological polar surface area (TPSA) is 32.3 Å². The minimum atomic E-state index is 0.0377. The zero-order valence-electron chi connectivity index (χ0n) is 15.3. The van der Waals surface area contributed by atoms with Crippen LogP contribution in [0.15, 0.2) is 18.2 Å². The molecule has 1 saturated carbocycles. The minimum absolute atomic E-state index is 0.0377. The number of carbonyl (C=O) groups is 1. The maximum atomic E-state index is 13.1. The van der Waals surface area contributed by atoms with Crippen LogP contribution in [0, 0.1) is 5.92 Å². The van der Waals surface area contributed by atoms with Crippen LogP contribution >= 0.6 is 22.9 Å². The lowest BCUT2D eigenvalue weighted by Gasteiger charge is -2.56. The molecule has 2 bridgehead atoms. The molecule has 1 aliphatic carbocycles. The summed E-state index contributed by atoms with van der Waals surface area (Å²) < 4.78 is 1.21. The Morgan fingerprint density at radius 2 is 1.96 bits per heavy atom. The summed E-state index contributed by atoms with van der Waals surface area (Å²) in [6.45, 7) is 6.88. The van der Waals surface area contributed by atoms with E-state index in [1.807, 2.05) is 12.1 Å². The van der Waals surface area contributed by atoms with E-state index in [0.29, 0.717) is 11.8 Å². The summed E-state index contributed by atoms with van der Waals surface area (Å²) in [7, 11) is 0. The fraction of sp³-hybridized carbons (Fsp3) is 0.571. The van der Waals surface area contributed by atoms with Crippen LogP contribution in [0.3, 0.4) is 0 Å². The van der Waals surface area contributed by atoms with Crippen LogP contribution in [0.25, 0.3) is 10.1 Å². The fourth-order valence-corrected chi connectivity index (χ4v) is 6.61. The Balaban J connectivity index is 1.45. The molecule has 0 spiro atoms. The number of nitrogens with one attached hydrogen (secondary N) is 1. The monoisotopic (exact) mass is 388 g/mol. The number of benzene rings is 1. The largest absolute Gasteiger partial charge is 0.346 e. The minimum Gasteiger partial charge on any atom is -0.346 e.